The molecule has 7 nitrogen and oxygen atoms in total. The predicted octanol–water partition coefficient (Wildman–Crippen LogP) is 3.67. The molecule has 0 aliphatic heterocycles. The van der Waals surface area contributed by atoms with Gasteiger partial charge in [-0.2, -0.15) is 0 Å². The van der Waals surface area contributed by atoms with Crippen molar-refractivity contribution in [2.45, 2.75) is 57.9 Å². The number of nitrogens with one attached hydrogen (secondary N) is 2. The molecule has 3 aromatic rings. The Hall–Kier alpha value is -3.09. The highest BCUT2D eigenvalue weighted by molar-refractivity contribution is 6.01. The third-order valence-electron chi connectivity index (χ3n) is 6.04. The SMILES string of the molecule is CCC(=NCCc1c[nH]c2ccccc12)c1c(O)n(C2CCCCC2)c(=O)[nH]c1=O. The molecule has 0 spiro atoms. The molecule has 0 unspecified atom stereocenters. The Morgan fingerprint density at radius 3 is 2.73 bits per heavy atom. The number of aromatic hydroxyl groups is 1. The van der Waals surface area contributed by atoms with Crippen molar-refractivity contribution in [3.8, 4) is 5.88 Å². The quantitative estimate of drug-likeness (QED) is 0.542. The summed E-state index contributed by atoms with van der Waals surface area (Å²) in [6.07, 6.45) is 8.03. The first-order valence-corrected chi connectivity index (χ1v) is 10.8. The van der Waals surface area contributed by atoms with E-state index in [1.54, 1.807) is 0 Å². The van der Waals surface area contributed by atoms with Gasteiger partial charge in [-0.15, -0.1) is 0 Å². The molecular weight excluding hydrogens is 380 g/mol. The van der Waals surface area contributed by atoms with Crippen molar-refractivity contribution < 1.29 is 5.11 Å². The zero-order chi connectivity index (χ0) is 21.1. The maximum Gasteiger partial charge on any atom is 0.331 e. The highest BCUT2D eigenvalue weighted by Gasteiger charge is 2.24. The summed E-state index contributed by atoms with van der Waals surface area (Å²) in [5.74, 6) is -0.247. The number of fused-ring (bicyclic) bond motifs is 1. The van der Waals surface area contributed by atoms with Crippen LogP contribution in [0.25, 0.3) is 10.9 Å². The second-order valence-corrected chi connectivity index (χ2v) is 7.91. The van der Waals surface area contributed by atoms with E-state index in [9.17, 15) is 14.7 Å². The summed E-state index contributed by atoms with van der Waals surface area (Å²) in [4.78, 5) is 35.3. The molecule has 1 aliphatic rings. The highest BCUT2D eigenvalue weighted by Crippen LogP contribution is 2.30. The smallest absolute Gasteiger partial charge is 0.331 e. The van der Waals surface area contributed by atoms with Crippen LogP contribution in [0.4, 0.5) is 0 Å². The standard InChI is InChI=1S/C23H28N4O3/c1-2-18(24-13-12-15-14-25-19-11-7-6-10-17(15)19)20-21(28)26-23(30)27(22(20)29)16-8-4-3-5-9-16/h6-7,10-11,14,16,25,29H,2-5,8-9,12-13H2,1H3,(H,26,28,30). The number of hydrogen-bond donors (Lipinski definition) is 3. The van der Waals surface area contributed by atoms with Gasteiger partial charge in [0, 0.05) is 29.7 Å². The van der Waals surface area contributed by atoms with Crippen LogP contribution in [0.1, 0.15) is 62.6 Å². The molecule has 0 bridgehead atoms. The van der Waals surface area contributed by atoms with Crippen LogP contribution in [0.15, 0.2) is 45.0 Å². The molecule has 0 radical (unpaired) electrons. The highest BCUT2D eigenvalue weighted by atomic mass is 16.3. The van der Waals surface area contributed by atoms with E-state index >= 15 is 0 Å². The van der Waals surface area contributed by atoms with E-state index in [1.165, 1.54) is 4.57 Å². The molecule has 7 heteroatoms. The normalized spacial score (nSPS) is 15.7. The topological polar surface area (TPSA) is 103 Å². The van der Waals surface area contributed by atoms with Gasteiger partial charge in [-0.3, -0.25) is 19.3 Å². The lowest BCUT2D eigenvalue weighted by atomic mass is 9.95. The maximum absolute atomic E-state index is 12.5. The number of benzene rings is 1. The summed E-state index contributed by atoms with van der Waals surface area (Å²) in [5, 5.41) is 12.1. The molecule has 2 heterocycles. The van der Waals surface area contributed by atoms with Gasteiger partial charge in [-0.05, 0) is 37.3 Å². The maximum atomic E-state index is 12.5. The molecule has 158 valence electrons. The Balaban J connectivity index is 1.63. The third kappa shape index (κ3) is 3.84. The van der Waals surface area contributed by atoms with Gasteiger partial charge in [0.1, 0.15) is 5.56 Å². The summed E-state index contributed by atoms with van der Waals surface area (Å²) in [7, 11) is 0. The van der Waals surface area contributed by atoms with Crippen LogP contribution in [0.5, 0.6) is 5.88 Å². The lowest BCUT2D eigenvalue weighted by Gasteiger charge is -2.25. The van der Waals surface area contributed by atoms with E-state index < -0.39 is 11.2 Å². The van der Waals surface area contributed by atoms with E-state index in [1.807, 2.05) is 31.3 Å². The lowest BCUT2D eigenvalue weighted by molar-refractivity contribution is 0.298. The van der Waals surface area contributed by atoms with Crippen LogP contribution >= 0.6 is 0 Å². The minimum absolute atomic E-state index is 0.0776. The fourth-order valence-corrected chi connectivity index (χ4v) is 4.49. The first-order chi connectivity index (χ1) is 14.6. The van der Waals surface area contributed by atoms with Gasteiger partial charge >= 0.3 is 5.69 Å². The summed E-state index contributed by atoms with van der Waals surface area (Å²) < 4.78 is 1.36. The van der Waals surface area contributed by atoms with Crippen molar-refractivity contribution in [2.75, 3.05) is 6.54 Å². The van der Waals surface area contributed by atoms with Gasteiger partial charge in [0.2, 0.25) is 5.88 Å². The van der Waals surface area contributed by atoms with Gasteiger partial charge in [0.05, 0.1) is 5.71 Å². The van der Waals surface area contributed by atoms with E-state index in [-0.39, 0.29) is 17.5 Å². The monoisotopic (exact) mass is 408 g/mol. The summed E-state index contributed by atoms with van der Waals surface area (Å²) in [6, 6.07) is 8.03. The zero-order valence-corrected chi connectivity index (χ0v) is 17.3. The van der Waals surface area contributed by atoms with Crippen LogP contribution in [0.2, 0.25) is 0 Å². The minimum atomic E-state index is -0.572. The summed E-state index contributed by atoms with van der Waals surface area (Å²) in [5.41, 5.74) is 1.79. The van der Waals surface area contributed by atoms with Crippen LogP contribution in [0.3, 0.4) is 0 Å². The lowest BCUT2D eigenvalue weighted by Crippen LogP contribution is -2.36. The van der Waals surface area contributed by atoms with Crippen molar-refractivity contribution in [1.82, 2.24) is 14.5 Å². The Bertz CT molecular complexity index is 1180. The van der Waals surface area contributed by atoms with Crippen molar-refractivity contribution in [3.63, 3.8) is 0 Å². The molecule has 2 aromatic heterocycles. The van der Waals surface area contributed by atoms with E-state index in [0.717, 1.165) is 48.6 Å². The fourth-order valence-electron chi connectivity index (χ4n) is 4.49. The average molecular weight is 409 g/mol. The Kier molecular flexibility index (Phi) is 5.88. The zero-order valence-electron chi connectivity index (χ0n) is 17.3. The molecule has 1 saturated carbocycles. The van der Waals surface area contributed by atoms with Gasteiger partial charge in [0.15, 0.2) is 0 Å². The Labute approximate surface area is 174 Å². The van der Waals surface area contributed by atoms with Crippen LogP contribution < -0.4 is 11.2 Å². The molecule has 0 amide bonds. The van der Waals surface area contributed by atoms with Crippen LogP contribution in [-0.2, 0) is 6.42 Å². The predicted molar refractivity (Wildman–Crippen MR) is 119 cm³/mol. The minimum Gasteiger partial charge on any atom is -0.494 e. The van der Waals surface area contributed by atoms with Gasteiger partial charge in [-0.1, -0.05) is 44.4 Å². The van der Waals surface area contributed by atoms with Gasteiger partial charge < -0.3 is 10.1 Å². The molecule has 0 saturated heterocycles. The fraction of sp³-hybridized carbons (Fsp3) is 0.435. The van der Waals surface area contributed by atoms with Crippen molar-refractivity contribution >= 4 is 16.6 Å². The number of H-pyrrole nitrogens is 2. The summed E-state index contributed by atoms with van der Waals surface area (Å²) in [6.45, 7) is 2.39. The summed E-state index contributed by atoms with van der Waals surface area (Å²) >= 11 is 0. The molecule has 30 heavy (non-hydrogen) atoms. The van der Waals surface area contributed by atoms with E-state index in [2.05, 4.69) is 21.0 Å². The molecule has 0 atom stereocenters. The number of hydrogen-bond acceptors (Lipinski definition) is 4. The molecule has 1 fully saturated rings. The molecule has 4 rings (SSSR count). The van der Waals surface area contributed by atoms with Crippen molar-refractivity contribution in [1.29, 1.82) is 0 Å². The first kappa shape index (κ1) is 20.2. The van der Waals surface area contributed by atoms with E-state index in [0.29, 0.717) is 25.1 Å². The van der Waals surface area contributed by atoms with Crippen molar-refractivity contribution in [2.24, 2.45) is 4.99 Å². The molecule has 1 aromatic carbocycles. The number of aromatic nitrogens is 3. The third-order valence-corrected chi connectivity index (χ3v) is 6.04. The largest absolute Gasteiger partial charge is 0.494 e. The number of aromatic amines is 2. The molecule has 1 aliphatic carbocycles. The average Bonchev–Trinajstić information content (AvgIpc) is 3.16. The Morgan fingerprint density at radius 2 is 1.97 bits per heavy atom. The second-order valence-electron chi connectivity index (χ2n) is 7.91. The number of para-hydroxylation sites is 1. The number of rotatable bonds is 6. The number of nitrogens with zero attached hydrogens (tertiary/aromatic N) is 2. The van der Waals surface area contributed by atoms with Crippen LogP contribution in [-0.4, -0.2) is 31.9 Å². The van der Waals surface area contributed by atoms with Crippen molar-refractivity contribution in [3.05, 3.63) is 62.4 Å². The van der Waals surface area contributed by atoms with E-state index in [4.69, 9.17) is 0 Å². The Morgan fingerprint density at radius 1 is 1.20 bits per heavy atom. The molecule has 3 N–H and O–H groups in total. The number of aliphatic imine (C=N–C) groups is 1. The van der Waals surface area contributed by atoms with Gasteiger partial charge in [0.25, 0.3) is 5.56 Å². The second kappa shape index (κ2) is 8.73. The molecular formula is C23H28N4O3. The van der Waals surface area contributed by atoms with Gasteiger partial charge in [-0.25, -0.2) is 4.79 Å². The first-order valence-electron chi connectivity index (χ1n) is 10.8. The van der Waals surface area contributed by atoms with Crippen LogP contribution in [0, 0.1) is 0 Å².